The first-order valence-electron chi connectivity index (χ1n) is 13.4. The Balaban J connectivity index is 1.50. The Bertz CT molecular complexity index is 1850. The summed E-state index contributed by atoms with van der Waals surface area (Å²) in [6, 6.07) is 58.6. The lowest BCUT2D eigenvalue weighted by Gasteiger charge is -2.27. The van der Waals surface area contributed by atoms with Gasteiger partial charge in [0.05, 0.1) is 5.69 Å². The molecule has 0 aliphatic rings. The van der Waals surface area contributed by atoms with Gasteiger partial charge in [-0.3, -0.25) is 0 Å². The van der Waals surface area contributed by atoms with E-state index in [-0.39, 0.29) is 0 Å². The molecule has 7 aromatic rings. The van der Waals surface area contributed by atoms with Crippen LogP contribution in [0.2, 0.25) is 0 Å². The molecule has 0 unspecified atom stereocenters. The molecular weight excluding hydrogens is 470 g/mol. The molecule has 1 heteroatoms. The van der Waals surface area contributed by atoms with E-state index in [1.54, 1.807) is 0 Å². The molecule has 184 valence electrons. The first kappa shape index (κ1) is 23.0. The normalized spacial score (nSPS) is 11.1. The van der Waals surface area contributed by atoms with Gasteiger partial charge < -0.3 is 4.90 Å². The molecule has 7 rings (SSSR count). The molecule has 0 aromatic heterocycles. The van der Waals surface area contributed by atoms with Gasteiger partial charge in [-0.2, -0.15) is 0 Å². The van der Waals surface area contributed by atoms with Crippen LogP contribution in [0.15, 0.2) is 164 Å². The number of fused-ring (bicyclic) bond motifs is 2. The molecule has 0 saturated heterocycles. The van der Waals surface area contributed by atoms with Crippen molar-refractivity contribution in [1.82, 2.24) is 0 Å². The molecule has 0 N–H and O–H groups in total. The minimum atomic E-state index is 1.14. The van der Waals surface area contributed by atoms with E-state index in [9.17, 15) is 0 Å². The number of para-hydroxylation sites is 2. The number of anilines is 3. The molecule has 39 heavy (non-hydrogen) atoms. The highest BCUT2D eigenvalue weighted by atomic mass is 15.1. The van der Waals surface area contributed by atoms with Crippen molar-refractivity contribution in [3.63, 3.8) is 0 Å². The summed E-state index contributed by atoms with van der Waals surface area (Å²) in [4.78, 5) is 2.35. The molecule has 0 aliphatic carbocycles. The van der Waals surface area contributed by atoms with Crippen molar-refractivity contribution in [2.24, 2.45) is 0 Å². The molecule has 0 radical (unpaired) electrons. The third-order valence-corrected chi connectivity index (χ3v) is 7.43. The topological polar surface area (TPSA) is 3.24 Å². The Morgan fingerprint density at radius 2 is 0.821 bits per heavy atom. The van der Waals surface area contributed by atoms with E-state index < -0.39 is 0 Å². The molecule has 0 spiro atoms. The van der Waals surface area contributed by atoms with Crippen LogP contribution in [0, 0.1) is 0 Å². The summed E-state index contributed by atoms with van der Waals surface area (Å²) < 4.78 is 0. The van der Waals surface area contributed by atoms with Crippen molar-refractivity contribution in [3.05, 3.63) is 164 Å². The highest BCUT2D eigenvalue weighted by molar-refractivity contribution is 6.09. The number of nitrogens with zero attached hydrogens (tertiary/aromatic N) is 1. The SMILES string of the molecule is c1ccc(-c2cc3ccccc3cc2-c2ccc(N(c3ccccc3)c3ccccc3)c3ccccc23)cc1. The van der Waals surface area contributed by atoms with Crippen LogP contribution in [0.4, 0.5) is 17.1 Å². The molecule has 0 heterocycles. The predicted molar refractivity (Wildman–Crippen MR) is 167 cm³/mol. The third kappa shape index (κ3) is 4.24. The van der Waals surface area contributed by atoms with E-state index in [0.29, 0.717) is 0 Å². The summed E-state index contributed by atoms with van der Waals surface area (Å²) in [6.07, 6.45) is 0. The van der Waals surface area contributed by atoms with Crippen molar-refractivity contribution >= 4 is 38.6 Å². The fourth-order valence-electron chi connectivity index (χ4n) is 5.61. The van der Waals surface area contributed by atoms with Crippen LogP contribution in [-0.4, -0.2) is 0 Å². The van der Waals surface area contributed by atoms with Gasteiger partial charge in [-0.1, -0.05) is 121 Å². The highest BCUT2D eigenvalue weighted by Crippen LogP contribution is 2.44. The van der Waals surface area contributed by atoms with Gasteiger partial charge in [-0.15, -0.1) is 0 Å². The smallest absolute Gasteiger partial charge is 0.0540 e. The monoisotopic (exact) mass is 497 g/mol. The van der Waals surface area contributed by atoms with Crippen LogP contribution in [0.25, 0.3) is 43.8 Å². The van der Waals surface area contributed by atoms with Gasteiger partial charge in [0.15, 0.2) is 0 Å². The van der Waals surface area contributed by atoms with E-state index in [1.807, 2.05) is 0 Å². The molecule has 0 atom stereocenters. The molecule has 0 amide bonds. The Labute approximate surface area is 229 Å². The molecular formula is C38H27N. The second-order valence-corrected chi connectivity index (χ2v) is 9.80. The van der Waals surface area contributed by atoms with Gasteiger partial charge in [-0.25, -0.2) is 0 Å². The maximum absolute atomic E-state index is 2.35. The average molecular weight is 498 g/mol. The second kappa shape index (κ2) is 9.96. The number of benzene rings is 7. The first-order chi connectivity index (χ1) is 19.4. The van der Waals surface area contributed by atoms with Crippen LogP contribution in [0.3, 0.4) is 0 Å². The van der Waals surface area contributed by atoms with Crippen molar-refractivity contribution in [2.45, 2.75) is 0 Å². The maximum Gasteiger partial charge on any atom is 0.0540 e. The van der Waals surface area contributed by atoms with Gasteiger partial charge in [0.1, 0.15) is 0 Å². The van der Waals surface area contributed by atoms with Gasteiger partial charge in [0.25, 0.3) is 0 Å². The zero-order chi connectivity index (χ0) is 26.0. The van der Waals surface area contributed by atoms with Crippen LogP contribution >= 0.6 is 0 Å². The Hall–Kier alpha value is -5.14. The quantitative estimate of drug-likeness (QED) is 0.229. The Kier molecular flexibility index (Phi) is 5.88. The van der Waals surface area contributed by atoms with E-state index in [4.69, 9.17) is 0 Å². The van der Waals surface area contributed by atoms with Gasteiger partial charge in [-0.05, 0) is 80.9 Å². The van der Waals surface area contributed by atoms with Crippen molar-refractivity contribution in [2.75, 3.05) is 4.90 Å². The lowest BCUT2D eigenvalue weighted by Crippen LogP contribution is -2.10. The fourth-order valence-corrected chi connectivity index (χ4v) is 5.61. The van der Waals surface area contributed by atoms with Crippen molar-refractivity contribution < 1.29 is 0 Å². The Morgan fingerprint density at radius 3 is 1.44 bits per heavy atom. The summed E-state index contributed by atoms with van der Waals surface area (Å²) >= 11 is 0. The van der Waals surface area contributed by atoms with Crippen LogP contribution in [0.5, 0.6) is 0 Å². The largest absolute Gasteiger partial charge is 0.310 e. The molecule has 0 bridgehead atoms. The molecule has 0 saturated carbocycles. The fraction of sp³-hybridized carbons (Fsp3) is 0. The average Bonchev–Trinajstić information content (AvgIpc) is 3.02. The number of rotatable bonds is 5. The van der Waals surface area contributed by atoms with Crippen molar-refractivity contribution in [3.8, 4) is 22.3 Å². The lowest BCUT2D eigenvalue weighted by atomic mass is 9.88. The second-order valence-electron chi connectivity index (χ2n) is 9.80. The van der Waals surface area contributed by atoms with Gasteiger partial charge in [0.2, 0.25) is 0 Å². The molecule has 0 aliphatic heterocycles. The third-order valence-electron chi connectivity index (χ3n) is 7.43. The van der Waals surface area contributed by atoms with E-state index in [2.05, 4.69) is 169 Å². The number of hydrogen-bond acceptors (Lipinski definition) is 1. The first-order valence-corrected chi connectivity index (χ1v) is 13.4. The lowest BCUT2D eigenvalue weighted by molar-refractivity contribution is 1.30. The summed E-state index contributed by atoms with van der Waals surface area (Å²) in [7, 11) is 0. The van der Waals surface area contributed by atoms with Crippen LogP contribution < -0.4 is 4.90 Å². The highest BCUT2D eigenvalue weighted by Gasteiger charge is 2.18. The Morgan fingerprint density at radius 1 is 0.333 bits per heavy atom. The molecule has 0 fully saturated rings. The minimum Gasteiger partial charge on any atom is -0.310 e. The zero-order valence-corrected chi connectivity index (χ0v) is 21.5. The molecule has 1 nitrogen and oxygen atoms in total. The number of hydrogen-bond donors (Lipinski definition) is 0. The summed E-state index contributed by atoms with van der Waals surface area (Å²) in [5.74, 6) is 0. The van der Waals surface area contributed by atoms with E-state index >= 15 is 0 Å². The zero-order valence-electron chi connectivity index (χ0n) is 21.5. The maximum atomic E-state index is 2.35. The van der Waals surface area contributed by atoms with Crippen LogP contribution in [0.1, 0.15) is 0 Å². The minimum absolute atomic E-state index is 1.14. The molecule has 7 aromatic carbocycles. The summed E-state index contributed by atoms with van der Waals surface area (Å²) in [6.45, 7) is 0. The van der Waals surface area contributed by atoms with Crippen molar-refractivity contribution in [1.29, 1.82) is 0 Å². The van der Waals surface area contributed by atoms with E-state index in [1.165, 1.54) is 43.8 Å². The van der Waals surface area contributed by atoms with E-state index in [0.717, 1.165) is 17.1 Å². The predicted octanol–water partition coefficient (Wildman–Crippen LogP) is 10.8. The van der Waals surface area contributed by atoms with Gasteiger partial charge in [0, 0.05) is 16.8 Å². The van der Waals surface area contributed by atoms with Crippen LogP contribution in [-0.2, 0) is 0 Å². The summed E-state index contributed by atoms with van der Waals surface area (Å²) in [5, 5.41) is 4.95. The standard InChI is InChI=1S/C38H27N/c1-4-14-28(15-5-1)36-26-29-16-10-11-17-30(29)27-37(36)34-24-25-38(35-23-13-12-22-33(34)35)39(31-18-6-2-7-19-31)32-20-8-3-9-21-32/h1-27H. The van der Waals surface area contributed by atoms with Gasteiger partial charge >= 0.3 is 0 Å². The summed E-state index contributed by atoms with van der Waals surface area (Å²) in [5.41, 5.74) is 8.38.